The summed E-state index contributed by atoms with van der Waals surface area (Å²) in [7, 11) is 0. The Labute approximate surface area is 185 Å². The molecule has 0 radical (unpaired) electrons. The minimum Gasteiger partial charge on any atom is -0.457 e. The molecule has 0 amide bonds. The van der Waals surface area contributed by atoms with Crippen LogP contribution in [0.4, 0.5) is 0 Å². The summed E-state index contributed by atoms with van der Waals surface area (Å²) >= 11 is 20.5. The molecule has 0 aliphatic carbocycles. The highest BCUT2D eigenvalue weighted by atomic mass is 33.2. The van der Waals surface area contributed by atoms with Crippen LogP contribution in [0.5, 0.6) is 11.5 Å². The molecule has 0 aliphatic heterocycles. The molecule has 0 aromatic heterocycles. The highest BCUT2D eigenvalue weighted by Gasteiger charge is 2.21. The number of ether oxygens (including phenoxy) is 1. The second kappa shape index (κ2) is 13.0. The van der Waals surface area contributed by atoms with E-state index in [9.17, 15) is 0 Å². The first-order valence-corrected chi connectivity index (χ1v) is 16.6. The predicted octanol–water partition coefficient (Wildman–Crippen LogP) is 6.47. The van der Waals surface area contributed by atoms with Gasteiger partial charge >= 0.3 is 0 Å². The molecule has 2 aromatic rings. The normalized spacial score (nSPS) is 13.3. The maximum atomic E-state index is 6.12. The number of hydrogen-bond donors (Lipinski definition) is 2. The van der Waals surface area contributed by atoms with E-state index >= 15 is 0 Å². The molecule has 142 valence electrons. The van der Waals surface area contributed by atoms with Crippen molar-refractivity contribution in [3.8, 4) is 11.5 Å². The lowest BCUT2D eigenvalue weighted by Gasteiger charge is -2.21. The fraction of sp³-hybridized carbons (Fsp3) is 0.333. The highest BCUT2D eigenvalue weighted by Crippen LogP contribution is 2.68. The first-order valence-electron chi connectivity index (χ1n) is 8.20. The van der Waals surface area contributed by atoms with E-state index in [1.54, 1.807) is 0 Å². The van der Waals surface area contributed by atoms with Gasteiger partial charge < -0.3 is 4.74 Å². The molecule has 0 bridgehead atoms. The van der Waals surface area contributed by atoms with Crippen molar-refractivity contribution in [2.75, 3.05) is 34.5 Å². The third kappa shape index (κ3) is 7.94. The lowest BCUT2D eigenvalue weighted by Crippen LogP contribution is -2.02. The number of rotatable bonds is 12. The van der Waals surface area contributed by atoms with E-state index in [0.29, 0.717) is 0 Å². The lowest BCUT2D eigenvalue weighted by atomic mass is 10.3. The van der Waals surface area contributed by atoms with Gasteiger partial charge in [0.1, 0.15) is 11.5 Å². The Morgan fingerprint density at radius 2 is 1.38 bits per heavy atom. The number of thiol groups is 2. The quantitative estimate of drug-likeness (QED) is 0.205. The maximum absolute atomic E-state index is 6.12. The molecule has 0 fully saturated rings. The Hall–Kier alpha value is 0.640. The van der Waals surface area contributed by atoms with Crippen molar-refractivity contribution in [1.29, 1.82) is 0 Å². The smallest absolute Gasteiger partial charge is 0.127 e. The van der Waals surface area contributed by atoms with Crippen LogP contribution in [0.25, 0.3) is 0 Å². The van der Waals surface area contributed by atoms with E-state index in [4.69, 9.17) is 16.5 Å². The average molecular weight is 479 g/mol. The van der Waals surface area contributed by atoms with E-state index in [1.807, 2.05) is 77.0 Å². The van der Waals surface area contributed by atoms with Gasteiger partial charge in [-0.15, -0.1) is 22.8 Å². The van der Waals surface area contributed by atoms with Gasteiger partial charge in [0.25, 0.3) is 0 Å². The van der Waals surface area contributed by atoms with Gasteiger partial charge in [-0.3, -0.25) is 0 Å². The van der Waals surface area contributed by atoms with Crippen molar-refractivity contribution in [1.82, 2.24) is 0 Å². The zero-order valence-corrected chi connectivity index (χ0v) is 20.3. The molecule has 0 aliphatic rings. The van der Waals surface area contributed by atoms with Gasteiger partial charge in [0.2, 0.25) is 0 Å². The fourth-order valence-electron chi connectivity index (χ4n) is 2.05. The summed E-state index contributed by atoms with van der Waals surface area (Å²) in [6.45, 7) is 0. The average Bonchev–Trinajstić information content (AvgIpc) is 2.67. The zero-order valence-electron chi connectivity index (χ0n) is 14.3. The summed E-state index contributed by atoms with van der Waals surface area (Å²) in [6.07, 6.45) is 0. The van der Waals surface area contributed by atoms with E-state index in [2.05, 4.69) is 37.4 Å². The predicted molar refractivity (Wildman–Crippen MR) is 137 cm³/mol. The Kier molecular flexibility index (Phi) is 11.4. The first-order chi connectivity index (χ1) is 12.7. The molecule has 2 rings (SSSR count). The van der Waals surface area contributed by atoms with Crippen molar-refractivity contribution in [3.63, 3.8) is 0 Å². The molecule has 0 N–H and O–H groups in total. The maximum Gasteiger partial charge on any atom is 0.127 e. The van der Waals surface area contributed by atoms with Gasteiger partial charge in [-0.1, -0.05) is 30.0 Å². The molecule has 0 spiro atoms. The summed E-state index contributed by atoms with van der Waals surface area (Å²) < 4.78 is 4.19. The second-order valence-corrected chi connectivity index (χ2v) is 18.7. The SMILES string of the molecule is S=P(SCCS)(SCCSCCS)c1ccc(Oc2ccccc2)cc1. The summed E-state index contributed by atoms with van der Waals surface area (Å²) in [5.74, 6) is 7.77. The molecule has 2 aromatic carbocycles. The van der Waals surface area contributed by atoms with Crippen LogP contribution in [0.15, 0.2) is 54.6 Å². The number of hydrogen-bond acceptors (Lipinski definition) is 7. The summed E-state index contributed by atoms with van der Waals surface area (Å²) in [4.78, 5) is 0. The number of thioether (sulfide) groups is 1. The minimum absolute atomic E-state index is 0.843. The molecule has 0 heterocycles. The molecular formula is C18H23OPS6. The highest BCUT2D eigenvalue weighted by molar-refractivity contribution is 9.02. The molecule has 8 heteroatoms. The van der Waals surface area contributed by atoms with E-state index < -0.39 is 4.44 Å². The van der Waals surface area contributed by atoms with Crippen molar-refractivity contribution >= 4 is 81.3 Å². The lowest BCUT2D eigenvalue weighted by molar-refractivity contribution is 0.483. The minimum atomic E-state index is -1.71. The topological polar surface area (TPSA) is 9.23 Å². The van der Waals surface area contributed by atoms with Crippen molar-refractivity contribution in [3.05, 3.63) is 54.6 Å². The van der Waals surface area contributed by atoms with E-state index in [0.717, 1.165) is 46.0 Å². The Morgan fingerprint density at radius 3 is 2.04 bits per heavy atom. The van der Waals surface area contributed by atoms with Crippen LogP contribution in [0, 0.1) is 0 Å². The van der Waals surface area contributed by atoms with Crippen LogP contribution in [-0.4, -0.2) is 34.5 Å². The Morgan fingerprint density at radius 1 is 0.769 bits per heavy atom. The standard InChI is InChI=1S/C18H23OPS6/c21-10-12-24-14-15-26-20(23,25-13-11-22)18-8-6-17(7-9-18)19-16-4-2-1-3-5-16/h1-9,21-22H,10-15H2. The van der Waals surface area contributed by atoms with Crippen molar-refractivity contribution in [2.24, 2.45) is 0 Å². The molecule has 1 unspecified atom stereocenters. The first kappa shape index (κ1) is 22.9. The van der Waals surface area contributed by atoms with Gasteiger partial charge in [0, 0.05) is 28.3 Å². The van der Waals surface area contributed by atoms with Gasteiger partial charge in [0.15, 0.2) is 0 Å². The molecule has 1 nitrogen and oxygen atoms in total. The monoisotopic (exact) mass is 478 g/mol. The molecule has 0 saturated carbocycles. The summed E-state index contributed by atoms with van der Waals surface area (Å²) in [5.41, 5.74) is 0. The largest absolute Gasteiger partial charge is 0.457 e. The van der Waals surface area contributed by atoms with Crippen LogP contribution in [0.3, 0.4) is 0 Å². The Bertz CT molecular complexity index is 680. The van der Waals surface area contributed by atoms with E-state index in [-0.39, 0.29) is 0 Å². The summed E-state index contributed by atoms with van der Waals surface area (Å²) in [5, 5.41) is 1.25. The van der Waals surface area contributed by atoms with E-state index in [1.165, 1.54) is 5.30 Å². The van der Waals surface area contributed by atoms with Crippen LogP contribution < -0.4 is 10.0 Å². The van der Waals surface area contributed by atoms with Gasteiger partial charge in [-0.05, 0) is 47.9 Å². The molecular weight excluding hydrogens is 456 g/mol. The van der Waals surface area contributed by atoms with Crippen molar-refractivity contribution in [2.45, 2.75) is 0 Å². The molecule has 1 atom stereocenters. The zero-order chi connectivity index (χ0) is 18.7. The Balaban J connectivity index is 2.03. The summed E-state index contributed by atoms with van der Waals surface area (Å²) in [6, 6.07) is 18.2. The van der Waals surface area contributed by atoms with Crippen molar-refractivity contribution < 1.29 is 4.74 Å². The second-order valence-electron chi connectivity index (χ2n) is 5.13. The van der Waals surface area contributed by atoms with Crippen LogP contribution in [-0.2, 0) is 11.8 Å². The third-order valence-electron chi connectivity index (χ3n) is 3.21. The molecule has 26 heavy (non-hydrogen) atoms. The van der Waals surface area contributed by atoms with Crippen LogP contribution >= 0.6 is 64.2 Å². The van der Waals surface area contributed by atoms with Gasteiger partial charge in [0.05, 0.1) is 4.44 Å². The molecule has 0 saturated heterocycles. The van der Waals surface area contributed by atoms with Gasteiger partial charge in [-0.2, -0.15) is 37.0 Å². The van der Waals surface area contributed by atoms with Crippen LogP contribution in [0.2, 0.25) is 0 Å². The third-order valence-corrected chi connectivity index (χ3v) is 16.7. The van der Waals surface area contributed by atoms with Gasteiger partial charge in [-0.25, -0.2) is 0 Å². The van der Waals surface area contributed by atoms with Crippen LogP contribution in [0.1, 0.15) is 0 Å². The number of para-hydroxylation sites is 1. The number of benzene rings is 2. The fourth-order valence-corrected chi connectivity index (χ4v) is 13.7.